The third-order valence-electron chi connectivity index (χ3n) is 3.98. The van der Waals surface area contributed by atoms with Crippen molar-refractivity contribution in [3.05, 3.63) is 24.3 Å². The van der Waals surface area contributed by atoms with E-state index in [2.05, 4.69) is 27.5 Å². The van der Waals surface area contributed by atoms with Gasteiger partial charge in [-0.1, -0.05) is 5.10 Å². The van der Waals surface area contributed by atoms with E-state index in [4.69, 9.17) is 9.15 Å². The van der Waals surface area contributed by atoms with Crippen LogP contribution in [0.15, 0.2) is 28.7 Å². The third-order valence-corrected chi connectivity index (χ3v) is 3.98. The first kappa shape index (κ1) is 16.8. The van der Waals surface area contributed by atoms with E-state index in [1.54, 1.807) is 0 Å². The van der Waals surface area contributed by atoms with Crippen molar-refractivity contribution < 1.29 is 9.15 Å². The number of hydrogen-bond acceptors (Lipinski definition) is 6. The van der Waals surface area contributed by atoms with Crippen molar-refractivity contribution in [2.45, 2.75) is 45.3 Å². The maximum absolute atomic E-state index is 6.06. The predicted octanol–water partition coefficient (Wildman–Crippen LogP) is 3.42. The highest BCUT2D eigenvalue weighted by Crippen LogP contribution is 2.25. The number of likely N-dealkylation sites (tertiary alicyclic amines) is 1. The number of benzene rings is 1. The molecule has 0 aliphatic carbocycles. The Bertz CT molecular complexity index is 652. The Hall–Kier alpha value is -2.08. The van der Waals surface area contributed by atoms with Gasteiger partial charge < -0.3 is 19.4 Å². The molecule has 1 aromatic carbocycles. The van der Waals surface area contributed by atoms with Crippen molar-refractivity contribution in [2.24, 2.45) is 0 Å². The molecule has 1 fully saturated rings. The molecule has 1 aliphatic heterocycles. The molecule has 6 nitrogen and oxygen atoms in total. The molecule has 0 amide bonds. The molecule has 0 unspecified atom stereocenters. The molecule has 1 aliphatic rings. The Labute approximate surface area is 143 Å². The number of anilines is 1. The van der Waals surface area contributed by atoms with E-state index in [1.807, 2.05) is 45.0 Å². The molecule has 2 aromatic rings. The van der Waals surface area contributed by atoms with Gasteiger partial charge in [0.1, 0.15) is 11.9 Å². The van der Waals surface area contributed by atoms with E-state index < -0.39 is 0 Å². The zero-order valence-electron chi connectivity index (χ0n) is 14.9. The molecule has 0 bridgehead atoms. The van der Waals surface area contributed by atoms with Crippen LogP contribution in [-0.4, -0.2) is 46.9 Å². The van der Waals surface area contributed by atoms with Crippen molar-refractivity contribution in [1.29, 1.82) is 0 Å². The van der Waals surface area contributed by atoms with Crippen LogP contribution in [0.2, 0.25) is 0 Å². The van der Waals surface area contributed by atoms with Crippen molar-refractivity contribution in [2.75, 3.05) is 25.5 Å². The van der Waals surface area contributed by atoms with Crippen LogP contribution in [0.1, 0.15) is 33.6 Å². The van der Waals surface area contributed by atoms with Crippen molar-refractivity contribution in [1.82, 2.24) is 15.1 Å². The predicted molar refractivity (Wildman–Crippen MR) is 94.3 cm³/mol. The maximum atomic E-state index is 6.06. The molecular formula is C18H26N4O2. The number of ether oxygens (including phenoxy) is 1. The molecular weight excluding hydrogens is 304 g/mol. The van der Waals surface area contributed by atoms with E-state index in [9.17, 15) is 0 Å². The van der Waals surface area contributed by atoms with Crippen LogP contribution >= 0.6 is 0 Å². The molecule has 3 rings (SSSR count). The molecule has 0 atom stereocenters. The molecule has 1 saturated heterocycles. The fraction of sp³-hybridized carbons (Fsp3) is 0.556. The number of rotatable bonds is 4. The van der Waals surface area contributed by atoms with E-state index in [0.29, 0.717) is 18.0 Å². The quantitative estimate of drug-likeness (QED) is 0.927. The third kappa shape index (κ3) is 4.47. The van der Waals surface area contributed by atoms with Crippen molar-refractivity contribution in [3.8, 4) is 17.2 Å². The topological polar surface area (TPSA) is 63.4 Å². The highest BCUT2D eigenvalue weighted by atomic mass is 16.5. The minimum absolute atomic E-state index is 0.116. The van der Waals surface area contributed by atoms with E-state index in [0.717, 1.165) is 37.2 Å². The Morgan fingerprint density at radius 1 is 1.12 bits per heavy atom. The Morgan fingerprint density at radius 2 is 1.79 bits per heavy atom. The highest BCUT2D eigenvalue weighted by Gasteiger charge is 2.18. The lowest BCUT2D eigenvalue weighted by Gasteiger charge is -2.29. The summed E-state index contributed by atoms with van der Waals surface area (Å²) in [5.74, 6) is 1.40. The summed E-state index contributed by atoms with van der Waals surface area (Å²) in [5.41, 5.74) is 0.774. The average molecular weight is 330 g/mol. The molecule has 2 heterocycles. The summed E-state index contributed by atoms with van der Waals surface area (Å²) < 4.78 is 11.7. The van der Waals surface area contributed by atoms with Gasteiger partial charge in [0.25, 0.3) is 0 Å². The highest BCUT2D eigenvalue weighted by molar-refractivity contribution is 5.55. The number of hydrogen-bond donors (Lipinski definition) is 1. The van der Waals surface area contributed by atoms with Crippen LogP contribution in [0.3, 0.4) is 0 Å². The zero-order valence-corrected chi connectivity index (χ0v) is 14.9. The van der Waals surface area contributed by atoms with Gasteiger partial charge in [0.2, 0.25) is 5.89 Å². The molecule has 6 heteroatoms. The minimum Gasteiger partial charge on any atom is -0.490 e. The van der Waals surface area contributed by atoms with E-state index >= 15 is 0 Å². The van der Waals surface area contributed by atoms with Gasteiger partial charge in [-0.3, -0.25) is 0 Å². The SMILES string of the molecule is CN1CCC(Oc2ccc(-c3nnc(NC(C)(C)C)o3)cc2)CC1. The minimum atomic E-state index is -0.116. The van der Waals surface area contributed by atoms with Gasteiger partial charge in [0.05, 0.1) is 0 Å². The number of aromatic nitrogens is 2. The second-order valence-corrected chi connectivity index (χ2v) is 7.43. The van der Waals surface area contributed by atoms with Crippen LogP contribution in [0.25, 0.3) is 11.5 Å². The molecule has 0 saturated carbocycles. The first-order valence-electron chi connectivity index (χ1n) is 8.46. The average Bonchev–Trinajstić information content (AvgIpc) is 2.97. The number of piperidine rings is 1. The van der Waals surface area contributed by atoms with Crippen LogP contribution in [0, 0.1) is 0 Å². The van der Waals surface area contributed by atoms with Crippen molar-refractivity contribution >= 4 is 6.01 Å². The monoisotopic (exact) mass is 330 g/mol. The summed E-state index contributed by atoms with van der Waals surface area (Å²) in [5, 5.41) is 11.3. The summed E-state index contributed by atoms with van der Waals surface area (Å²) in [7, 11) is 2.15. The Kier molecular flexibility index (Phi) is 4.76. The van der Waals surface area contributed by atoms with Crippen LogP contribution < -0.4 is 10.1 Å². The zero-order chi connectivity index (χ0) is 17.2. The summed E-state index contributed by atoms with van der Waals surface area (Å²) in [6, 6.07) is 8.28. The lowest BCUT2D eigenvalue weighted by atomic mass is 10.1. The fourth-order valence-electron chi connectivity index (χ4n) is 2.68. The fourth-order valence-corrected chi connectivity index (χ4v) is 2.68. The standard InChI is InChI=1S/C18H26N4O2/c1-18(2,3)19-17-21-20-16(24-17)13-5-7-14(8-6-13)23-15-9-11-22(4)12-10-15/h5-8,15H,9-12H2,1-4H3,(H,19,21). The van der Waals surface area contributed by atoms with Gasteiger partial charge in [-0.2, -0.15) is 0 Å². The second-order valence-electron chi connectivity index (χ2n) is 7.43. The summed E-state index contributed by atoms with van der Waals surface area (Å²) in [4.78, 5) is 2.34. The van der Waals surface area contributed by atoms with Crippen LogP contribution in [0.4, 0.5) is 6.01 Å². The first-order valence-corrected chi connectivity index (χ1v) is 8.46. The maximum Gasteiger partial charge on any atom is 0.316 e. The number of nitrogens with one attached hydrogen (secondary N) is 1. The van der Waals surface area contributed by atoms with E-state index in [-0.39, 0.29) is 5.54 Å². The first-order chi connectivity index (χ1) is 11.4. The second kappa shape index (κ2) is 6.81. The van der Waals surface area contributed by atoms with Gasteiger partial charge >= 0.3 is 6.01 Å². The molecule has 1 aromatic heterocycles. The van der Waals surface area contributed by atoms with Gasteiger partial charge in [-0.15, -0.1) is 5.10 Å². The molecule has 24 heavy (non-hydrogen) atoms. The Balaban J connectivity index is 1.62. The van der Waals surface area contributed by atoms with Crippen LogP contribution in [-0.2, 0) is 0 Å². The van der Waals surface area contributed by atoms with Gasteiger partial charge in [-0.05, 0) is 64.9 Å². The smallest absolute Gasteiger partial charge is 0.316 e. The summed E-state index contributed by atoms with van der Waals surface area (Å²) in [6.45, 7) is 8.33. The van der Waals surface area contributed by atoms with E-state index in [1.165, 1.54) is 0 Å². The van der Waals surface area contributed by atoms with Crippen LogP contribution in [0.5, 0.6) is 5.75 Å². The summed E-state index contributed by atoms with van der Waals surface area (Å²) >= 11 is 0. The van der Waals surface area contributed by atoms with Gasteiger partial charge in [-0.25, -0.2) is 0 Å². The van der Waals surface area contributed by atoms with Gasteiger partial charge in [0.15, 0.2) is 0 Å². The molecule has 130 valence electrons. The lowest BCUT2D eigenvalue weighted by Crippen LogP contribution is -2.35. The largest absolute Gasteiger partial charge is 0.490 e. The normalized spacial score (nSPS) is 17.0. The number of nitrogens with zero attached hydrogens (tertiary/aromatic N) is 3. The molecule has 0 radical (unpaired) electrons. The van der Waals surface area contributed by atoms with Crippen molar-refractivity contribution in [3.63, 3.8) is 0 Å². The summed E-state index contributed by atoms with van der Waals surface area (Å²) in [6.07, 6.45) is 2.45. The Morgan fingerprint density at radius 3 is 2.42 bits per heavy atom. The molecule has 0 spiro atoms. The molecule has 1 N–H and O–H groups in total. The lowest BCUT2D eigenvalue weighted by molar-refractivity contribution is 0.114. The van der Waals surface area contributed by atoms with Gasteiger partial charge in [0, 0.05) is 24.2 Å².